The Kier molecular flexibility index (Phi) is 26.3. The first-order chi connectivity index (χ1) is 23.4. The molecule has 8 heteroatoms. The molecule has 8 nitrogen and oxygen atoms in total. The third kappa shape index (κ3) is 19.9. The number of aromatic hydroxyl groups is 2. The minimum atomic E-state index is -0.248. The molecule has 0 aliphatic carbocycles. The lowest BCUT2D eigenvalue weighted by Gasteiger charge is -2.19. The van der Waals surface area contributed by atoms with Crippen LogP contribution in [0.2, 0.25) is 0 Å². The lowest BCUT2D eigenvalue weighted by atomic mass is 9.98. The van der Waals surface area contributed by atoms with Crippen LogP contribution in [0.4, 0.5) is 11.4 Å². The van der Waals surface area contributed by atoms with Gasteiger partial charge in [-0.05, 0) is 45.4 Å². The van der Waals surface area contributed by atoms with Gasteiger partial charge in [0.1, 0.15) is 17.2 Å². The molecule has 0 aliphatic rings. The first kappa shape index (κ1) is 43.3. The molecule has 0 unspecified atom stereocenters. The Bertz CT molecular complexity index is 1030. The van der Waals surface area contributed by atoms with E-state index in [4.69, 9.17) is 9.47 Å². The number of nitrogens with zero attached hydrogens (tertiary/aromatic N) is 1. The molecule has 1 aromatic carbocycles. The SMILES string of the molecule is CCCCCCCCCCCCCc1c(O)c(NCCCC(=O)OCCCCCC)c(C)c(O)c1N=CCCC(=O)OCCCCCC. The van der Waals surface area contributed by atoms with E-state index in [2.05, 4.69) is 31.1 Å². The van der Waals surface area contributed by atoms with Crippen LogP contribution in [0, 0.1) is 6.92 Å². The molecule has 0 amide bonds. The lowest BCUT2D eigenvalue weighted by Crippen LogP contribution is -2.10. The predicted octanol–water partition coefficient (Wildman–Crippen LogP) is 11.2. The van der Waals surface area contributed by atoms with Crippen LogP contribution in [0.25, 0.3) is 0 Å². The number of hydrogen-bond acceptors (Lipinski definition) is 8. The Morgan fingerprint density at radius 3 is 1.67 bits per heavy atom. The molecule has 1 rings (SSSR count). The van der Waals surface area contributed by atoms with Gasteiger partial charge in [-0.3, -0.25) is 14.6 Å². The van der Waals surface area contributed by atoms with Crippen molar-refractivity contribution in [3.8, 4) is 11.5 Å². The van der Waals surface area contributed by atoms with Crippen molar-refractivity contribution in [2.45, 2.75) is 182 Å². The van der Waals surface area contributed by atoms with E-state index < -0.39 is 0 Å². The minimum Gasteiger partial charge on any atom is -0.505 e. The largest absolute Gasteiger partial charge is 0.505 e. The second-order valence-corrected chi connectivity index (χ2v) is 13.3. The number of benzene rings is 1. The average molecular weight is 675 g/mol. The molecule has 0 fully saturated rings. The zero-order chi connectivity index (χ0) is 35.2. The summed E-state index contributed by atoms with van der Waals surface area (Å²) in [5.74, 6) is -0.342. The third-order valence-electron chi connectivity index (χ3n) is 8.87. The highest BCUT2D eigenvalue weighted by Crippen LogP contribution is 2.46. The topological polar surface area (TPSA) is 117 Å². The molecule has 0 bridgehead atoms. The molecular formula is C40H70N2O6. The number of rotatable bonds is 31. The number of carbonyl (C=O) groups is 2. The van der Waals surface area contributed by atoms with Crippen molar-refractivity contribution in [1.82, 2.24) is 0 Å². The summed E-state index contributed by atoms with van der Waals surface area (Å²) in [5, 5.41) is 25.9. The summed E-state index contributed by atoms with van der Waals surface area (Å²) in [6.07, 6.45) is 25.6. The molecule has 276 valence electrons. The van der Waals surface area contributed by atoms with Crippen LogP contribution in [0.15, 0.2) is 4.99 Å². The maximum Gasteiger partial charge on any atom is 0.306 e. The highest BCUT2D eigenvalue weighted by atomic mass is 16.5. The average Bonchev–Trinajstić information content (AvgIpc) is 3.08. The fourth-order valence-corrected chi connectivity index (χ4v) is 5.80. The second-order valence-electron chi connectivity index (χ2n) is 13.3. The van der Waals surface area contributed by atoms with Crippen molar-refractivity contribution in [2.24, 2.45) is 4.99 Å². The van der Waals surface area contributed by atoms with E-state index in [0.717, 1.165) is 70.6 Å². The van der Waals surface area contributed by atoms with Crippen LogP contribution in [0.1, 0.15) is 180 Å². The summed E-state index contributed by atoms with van der Waals surface area (Å²) in [7, 11) is 0. The number of anilines is 1. The summed E-state index contributed by atoms with van der Waals surface area (Å²) < 4.78 is 10.7. The van der Waals surface area contributed by atoms with Crippen LogP contribution >= 0.6 is 0 Å². The fourth-order valence-electron chi connectivity index (χ4n) is 5.80. The normalized spacial score (nSPS) is 11.3. The van der Waals surface area contributed by atoms with E-state index >= 15 is 0 Å². The zero-order valence-corrected chi connectivity index (χ0v) is 31.1. The molecule has 0 heterocycles. The number of unbranched alkanes of at least 4 members (excludes halogenated alkanes) is 16. The highest BCUT2D eigenvalue weighted by Gasteiger charge is 2.21. The third-order valence-corrected chi connectivity index (χ3v) is 8.87. The Labute approximate surface area is 292 Å². The van der Waals surface area contributed by atoms with Gasteiger partial charge in [-0.2, -0.15) is 0 Å². The van der Waals surface area contributed by atoms with Gasteiger partial charge in [-0.25, -0.2) is 0 Å². The molecule has 0 atom stereocenters. The Balaban J connectivity index is 2.78. The van der Waals surface area contributed by atoms with Gasteiger partial charge in [0, 0.05) is 30.3 Å². The first-order valence-electron chi connectivity index (χ1n) is 19.5. The molecule has 0 saturated carbocycles. The fraction of sp³-hybridized carbons (Fsp3) is 0.775. The van der Waals surface area contributed by atoms with Gasteiger partial charge in [0.15, 0.2) is 0 Å². The van der Waals surface area contributed by atoms with E-state index in [1.54, 1.807) is 13.1 Å². The molecule has 0 saturated heterocycles. The number of esters is 2. The van der Waals surface area contributed by atoms with Crippen LogP contribution in [0.5, 0.6) is 11.5 Å². The van der Waals surface area contributed by atoms with Crippen LogP contribution in [-0.2, 0) is 25.5 Å². The standard InChI is InChI=1S/C40H70N2O6/c1-5-8-11-14-15-16-17-18-19-20-21-26-34-38(42-30-25-28-36(44)48-32-23-13-10-7-3)39(45)33(4)37(40(34)46)41-29-24-27-35(43)47-31-22-12-9-6-2/h30,41,45-46H,5-29,31-32H2,1-4H3. The number of nitrogens with one attached hydrogen (secondary N) is 1. The Morgan fingerprint density at radius 2 is 1.12 bits per heavy atom. The summed E-state index contributed by atoms with van der Waals surface area (Å²) in [5.41, 5.74) is 1.96. The van der Waals surface area contributed by atoms with Gasteiger partial charge >= 0.3 is 11.9 Å². The summed E-state index contributed by atoms with van der Waals surface area (Å²) >= 11 is 0. The van der Waals surface area contributed by atoms with Gasteiger partial charge in [0.05, 0.1) is 25.3 Å². The minimum absolute atomic E-state index is 0.0228. The van der Waals surface area contributed by atoms with Gasteiger partial charge in [0.2, 0.25) is 0 Å². The van der Waals surface area contributed by atoms with Crippen molar-refractivity contribution in [1.29, 1.82) is 0 Å². The summed E-state index contributed by atoms with van der Waals surface area (Å²) in [4.78, 5) is 28.8. The van der Waals surface area contributed by atoms with E-state index in [9.17, 15) is 19.8 Å². The Morgan fingerprint density at radius 1 is 0.646 bits per heavy atom. The smallest absolute Gasteiger partial charge is 0.306 e. The van der Waals surface area contributed by atoms with Crippen molar-refractivity contribution < 1.29 is 29.3 Å². The predicted molar refractivity (Wildman–Crippen MR) is 200 cm³/mol. The van der Waals surface area contributed by atoms with Crippen molar-refractivity contribution in [3.63, 3.8) is 0 Å². The van der Waals surface area contributed by atoms with E-state index in [1.165, 1.54) is 51.4 Å². The van der Waals surface area contributed by atoms with Gasteiger partial charge < -0.3 is 25.0 Å². The van der Waals surface area contributed by atoms with Crippen LogP contribution in [-0.4, -0.2) is 48.1 Å². The maximum absolute atomic E-state index is 12.1. The molecule has 0 spiro atoms. The summed E-state index contributed by atoms with van der Waals surface area (Å²) in [6.45, 7) is 9.67. The number of ether oxygens (including phenoxy) is 2. The molecule has 1 aromatic rings. The second kappa shape index (κ2) is 29.2. The van der Waals surface area contributed by atoms with E-state index in [0.29, 0.717) is 67.9 Å². The van der Waals surface area contributed by atoms with Crippen molar-refractivity contribution in [3.05, 3.63) is 11.1 Å². The Hall–Kier alpha value is -2.77. The van der Waals surface area contributed by atoms with Crippen molar-refractivity contribution >= 4 is 29.5 Å². The maximum atomic E-state index is 12.1. The first-order valence-corrected chi connectivity index (χ1v) is 19.5. The van der Waals surface area contributed by atoms with E-state index in [-0.39, 0.29) is 29.9 Å². The number of phenolic OH excluding ortho intramolecular Hbond substituents is 2. The number of phenols is 2. The number of hydrogen-bond donors (Lipinski definition) is 3. The highest BCUT2D eigenvalue weighted by molar-refractivity contribution is 5.81. The zero-order valence-electron chi connectivity index (χ0n) is 31.1. The van der Waals surface area contributed by atoms with Crippen molar-refractivity contribution in [2.75, 3.05) is 25.1 Å². The van der Waals surface area contributed by atoms with Gasteiger partial charge in [-0.1, -0.05) is 124 Å². The molecule has 3 N–H and O–H groups in total. The van der Waals surface area contributed by atoms with Crippen LogP contribution < -0.4 is 5.32 Å². The van der Waals surface area contributed by atoms with Gasteiger partial charge in [0.25, 0.3) is 0 Å². The number of carbonyl (C=O) groups excluding carboxylic acids is 2. The van der Waals surface area contributed by atoms with Gasteiger partial charge in [-0.15, -0.1) is 0 Å². The van der Waals surface area contributed by atoms with Crippen LogP contribution in [0.3, 0.4) is 0 Å². The lowest BCUT2D eigenvalue weighted by molar-refractivity contribution is -0.144. The molecule has 0 aliphatic heterocycles. The monoisotopic (exact) mass is 675 g/mol. The molecule has 48 heavy (non-hydrogen) atoms. The quantitative estimate of drug-likeness (QED) is 0.0236. The van der Waals surface area contributed by atoms with E-state index in [1.807, 2.05) is 0 Å². The molecule has 0 radical (unpaired) electrons. The molecule has 0 aromatic heterocycles. The molecular weight excluding hydrogens is 604 g/mol. The summed E-state index contributed by atoms with van der Waals surface area (Å²) in [6, 6.07) is 0. The number of aliphatic imine (C=N–C) groups is 1.